The van der Waals surface area contributed by atoms with E-state index in [0.29, 0.717) is 0 Å². The Labute approximate surface area is 174 Å². The third kappa shape index (κ3) is 3.97. The smallest absolute Gasteiger partial charge is 0.254 e. The first-order chi connectivity index (χ1) is 13.7. The van der Waals surface area contributed by atoms with E-state index in [0.717, 1.165) is 64.5 Å². The Kier molecular flexibility index (Phi) is 5.77. The average molecular weight is 437 g/mol. The molecule has 1 aliphatic rings. The number of fused-ring (bicyclic) bond motifs is 1. The van der Waals surface area contributed by atoms with Crippen LogP contribution in [0.5, 0.6) is 0 Å². The monoisotopic (exact) mass is 436 g/mol. The number of rotatable bonds is 3. The summed E-state index contributed by atoms with van der Waals surface area (Å²) in [6.07, 6.45) is 5.61. The SMILES string of the molecule is CCc1ccc(-c2cc(C(=O)N3CCCCCC3)c3cc(Br)ccc3n2)cc1. The molecule has 0 unspecified atom stereocenters. The molecular weight excluding hydrogens is 412 g/mol. The number of hydrogen-bond donors (Lipinski definition) is 0. The zero-order valence-electron chi connectivity index (χ0n) is 16.2. The molecule has 4 heteroatoms. The molecule has 3 nitrogen and oxygen atoms in total. The second kappa shape index (κ2) is 8.44. The van der Waals surface area contributed by atoms with E-state index in [9.17, 15) is 4.79 Å². The Morgan fingerprint density at radius 3 is 2.39 bits per heavy atom. The van der Waals surface area contributed by atoms with Crippen molar-refractivity contribution in [2.24, 2.45) is 0 Å². The first kappa shape index (κ1) is 19.1. The molecule has 2 aromatic carbocycles. The Morgan fingerprint density at radius 1 is 1.00 bits per heavy atom. The van der Waals surface area contributed by atoms with E-state index in [4.69, 9.17) is 4.98 Å². The number of hydrogen-bond acceptors (Lipinski definition) is 2. The van der Waals surface area contributed by atoms with E-state index in [2.05, 4.69) is 47.1 Å². The van der Waals surface area contributed by atoms with Gasteiger partial charge < -0.3 is 4.90 Å². The summed E-state index contributed by atoms with van der Waals surface area (Å²) in [4.78, 5) is 20.3. The van der Waals surface area contributed by atoms with Gasteiger partial charge in [-0.1, -0.05) is 60.0 Å². The predicted octanol–water partition coefficient (Wildman–Crippen LogP) is 6.24. The Bertz CT molecular complexity index is 989. The summed E-state index contributed by atoms with van der Waals surface area (Å²) >= 11 is 3.55. The summed E-state index contributed by atoms with van der Waals surface area (Å²) in [5.41, 5.74) is 4.82. The second-order valence-corrected chi connectivity index (χ2v) is 8.39. The Balaban J connectivity index is 1.82. The van der Waals surface area contributed by atoms with E-state index >= 15 is 0 Å². The topological polar surface area (TPSA) is 33.2 Å². The second-order valence-electron chi connectivity index (χ2n) is 7.47. The van der Waals surface area contributed by atoms with Crippen LogP contribution >= 0.6 is 15.9 Å². The van der Waals surface area contributed by atoms with Crippen LogP contribution in [0.15, 0.2) is 53.0 Å². The van der Waals surface area contributed by atoms with Gasteiger partial charge in [-0.25, -0.2) is 4.98 Å². The van der Waals surface area contributed by atoms with Crippen LogP contribution in [0.3, 0.4) is 0 Å². The zero-order chi connectivity index (χ0) is 19.5. The van der Waals surface area contributed by atoms with Crippen molar-refractivity contribution in [3.8, 4) is 11.3 Å². The molecule has 3 aromatic rings. The molecule has 4 rings (SSSR count). The normalized spacial score (nSPS) is 14.9. The molecule has 1 saturated heterocycles. The van der Waals surface area contributed by atoms with Crippen LogP contribution in [-0.4, -0.2) is 28.9 Å². The Hall–Kier alpha value is -2.20. The summed E-state index contributed by atoms with van der Waals surface area (Å²) < 4.78 is 0.965. The van der Waals surface area contributed by atoms with Gasteiger partial charge in [0, 0.05) is 28.5 Å². The summed E-state index contributed by atoms with van der Waals surface area (Å²) in [6, 6.07) is 16.4. The maximum absolute atomic E-state index is 13.4. The summed E-state index contributed by atoms with van der Waals surface area (Å²) in [5, 5.41) is 0.914. The standard InChI is InChI=1S/C24H25BrN2O/c1-2-17-7-9-18(10-8-17)23-16-21(20-15-19(25)11-12-22(20)26-23)24(28)27-13-5-3-4-6-14-27/h7-12,15-16H,2-6,13-14H2,1H3. The van der Waals surface area contributed by atoms with Gasteiger partial charge in [0.1, 0.15) is 0 Å². The molecule has 1 aromatic heterocycles. The molecule has 0 radical (unpaired) electrons. The number of aromatic nitrogens is 1. The highest BCUT2D eigenvalue weighted by Crippen LogP contribution is 2.29. The molecule has 0 bridgehead atoms. The highest BCUT2D eigenvalue weighted by atomic mass is 79.9. The highest BCUT2D eigenvalue weighted by Gasteiger charge is 2.21. The highest BCUT2D eigenvalue weighted by molar-refractivity contribution is 9.10. The van der Waals surface area contributed by atoms with Crippen molar-refractivity contribution >= 4 is 32.7 Å². The number of aryl methyl sites for hydroxylation is 1. The zero-order valence-corrected chi connectivity index (χ0v) is 17.8. The van der Waals surface area contributed by atoms with Crippen LogP contribution in [0.2, 0.25) is 0 Å². The van der Waals surface area contributed by atoms with Gasteiger partial charge in [-0.05, 0) is 49.1 Å². The van der Waals surface area contributed by atoms with Crippen LogP contribution < -0.4 is 0 Å². The fourth-order valence-electron chi connectivity index (χ4n) is 3.88. The molecule has 0 aliphatic carbocycles. The maximum Gasteiger partial charge on any atom is 0.254 e. The molecule has 1 aliphatic heterocycles. The average Bonchev–Trinajstić information content (AvgIpc) is 3.02. The minimum Gasteiger partial charge on any atom is -0.339 e. The molecular formula is C24H25BrN2O. The van der Waals surface area contributed by atoms with E-state index < -0.39 is 0 Å². The molecule has 2 heterocycles. The third-order valence-corrected chi connectivity index (χ3v) is 6.05. The van der Waals surface area contributed by atoms with Crippen molar-refractivity contribution in [3.63, 3.8) is 0 Å². The van der Waals surface area contributed by atoms with Crippen LogP contribution in [0, 0.1) is 0 Å². The fraction of sp³-hybridized carbons (Fsp3) is 0.333. The van der Waals surface area contributed by atoms with Gasteiger partial charge in [0.05, 0.1) is 16.8 Å². The first-order valence-corrected chi connectivity index (χ1v) is 10.9. The van der Waals surface area contributed by atoms with Gasteiger partial charge in [0.2, 0.25) is 0 Å². The molecule has 0 spiro atoms. The van der Waals surface area contributed by atoms with Crippen LogP contribution in [-0.2, 0) is 6.42 Å². The molecule has 0 saturated carbocycles. The van der Waals surface area contributed by atoms with Gasteiger partial charge in [-0.15, -0.1) is 0 Å². The number of nitrogens with zero attached hydrogens (tertiary/aromatic N) is 2. The summed E-state index contributed by atoms with van der Waals surface area (Å²) in [6.45, 7) is 3.84. The van der Waals surface area contributed by atoms with Crippen LogP contribution in [0.4, 0.5) is 0 Å². The summed E-state index contributed by atoms with van der Waals surface area (Å²) in [7, 11) is 0. The van der Waals surface area contributed by atoms with Gasteiger partial charge in [-0.3, -0.25) is 4.79 Å². The molecule has 0 atom stereocenters. The number of pyridine rings is 1. The maximum atomic E-state index is 13.4. The number of halogens is 1. The minimum absolute atomic E-state index is 0.124. The lowest BCUT2D eigenvalue weighted by atomic mass is 10.0. The third-order valence-electron chi connectivity index (χ3n) is 5.55. The number of benzene rings is 2. The molecule has 28 heavy (non-hydrogen) atoms. The van der Waals surface area contributed by atoms with E-state index in [1.165, 1.54) is 18.4 Å². The van der Waals surface area contributed by atoms with Gasteiger partial charge in [0.25, 0.3) is 5.91 Å². The number of carbonyl (C=O) groups is 1. The van der Waals surface area contributed by atoms with E-state index in [1.54, 1.807) is 0 Å². The summed E-state index contributed by atoms with van der Waals surface area (Å²) in [5.74, 6) is 0.124. The number of amides is 1. The van der Waals surface area contributed by atoms with Gasteiger partial charge in [0.15, 0.2) is 0 Å². The van der Waals surface area contributed by atoms with Crippen LogP contribution in [0.1, 0.15) is 48.5 Å². The molecule has 144 valence electrons. The van der Waals surface area contributed by atoms with Crippen molar-refractivity contribution in [1.29, 1.82) is 0 Å². The molecule has 1 fully saturated rings. The van der Waals surface area contributed by atoms with Crippen molar-refractivity contribution < 1.29 is 4.79 Å². The van der Waals surface area contributed by atoms with E-state index in [-0.39, 0.29) is 5.91 Å². The van der Waals surface area contributed by atoms with Crippen LogP contribution in [0.25, 0.3) is 22.2 Å². The van der Waals surface area contributed by atoms with Gasteiger partial charge in [-0.2, -0.15) is 0 Å². The van der Waals surface area contributed by atoms with E-state index in [1.807, 2.05) is 29.2 Å². The molecule has 1 amide bonds. The number of carbonyl (C=O) groups excluding carboxylic acids is 1. The van der Waals surface area contributed by atoms with Crippen molar-refractivity contribution in [2.75, 3.05) is 13.1 Å². The Morgan fingerprint density at radius 2 is 1.71 bits per heavy atom. The first-order valence-electron chi connectivity index (χ1n) is 10.1. The molecule has 0 N–H and O–H groups in total. The van der Waals surface area contributed by atoms with Crippen molar-refractivity contribution in [2.45, 2.75) is 39.0 Å². The largest absolute Gasteiger partial charge is 0.339 e. The predicted molar refractivity (Wildman–Crippen MR) is 119 cm³/mol. The fourth-order valence-corrected chi connectivity index (χ4v) is 4.24. The van der Waals surface area contributed by atoms with Crippen molar-refractivity contribution in [1.82, 2.24) is 9.88 Å². The minimum atomic E-state index is 0.124. The number of likely N-dealkylation sites (tertiary alicyclic amines) is 1. The lowest BCUT2D eigenvalue weighted by Gasteiger charge is -2.21. The quantitative estimate of drug-likeness (QED) is 0.486. The van der Waals surface area contributed by atoms with Gasteiger partial charge >= 0.3 is 0 Å². The lowest BCUT2D eigenvalue weighted by molar-refractivity contribution is 0.0763. The lowest BCUT2D eigenvalue weighted by Crippen LogP contribution is -2.32. The van der Waals surface area contributed by atoms with Crippen molar-refractivity contribution in [3.05, 3.63) is 64.1 Å².